The van der Waals surface area contributed by atoms with Crippen LogP contribution in [0.5, 0.6) is 11.5 Å². The number of halogens is 3. The summed E-state index contributed by atoms with van der Waals surface area (Å²) in [6.45, 7) is 3.23. The van der Waals surface area contributed by atoms with Crippen molar-refractivity contribution >= 4 is 44.6 Å². The minimum Gasteiger partial charge on any atom is -0.491 e. The predicted octanol–water partition coefficient (Wildman–Crippen LogP) is 2.88. The lowest BCUT2D eigenvalue weighted by atomic mass is 10.3. The van der Waals surface area contributed by atoms with Crippen molar-refractivity contribution in [3.8, 4) is 11.5 Å². The molecule has 1 saturated heterocycles. The fourth-order valence-electron chi connectivity index (χ4n) is 3.23. The van der Waals surface area contributed by atoms with E-state index in [0.29, 0.717) is 25.5 Å². The molecule has 0 aliphatic carbocycles. The van der Waals surface area contributed by atoms with E-state index in [1.165, 1.54) is 36.4 Å². The van der Waals surface area contributed by atoms with E-state index in [1.54, 1.807) is 0 Å². The summed E-state index contributed by atoms with van der Waals surface area (Å²) in [7, 11) is -3.92. The first kappa shape index (κ1) is 27.3. The molecule has 2 aromatic carbocycles. The van der Waals surface area contributed by atoms with Crippen LogP contribution in [-0.4, -0.2) is 87.7 Å². The van der Waals surface area contributed by atoms with Gasteiger partial charge in [0.25, 0.3) is 0 Å². The van der Waals surface area contributed by atoms with E-state index in [9.17, 15) is 18.6 Å². The first-order chi connectivity index (χ1) is 16.2. The van der Waals surface area contributed by atoms with Crippen LogP contribution in [0.1, 0.15) is 0 Å². The molecule has 2 N–H and O–H groups in total. The monoisotopic (exact) mass is 553 g/mol. The number of aliphatic hydroxyl groups excluding tert-OH is 2. The molecule has 0 unspecified atom stereocenters. The largest absolute Gasteiger partial charge is 0.491 e. The minimum absolute atomic E-state index is 0.0120. The zero-order valence-electron chi connectivity index (χ0n) is 18.2. The van der Waals surface area contributed by atoms with E-state index in [4.69, 9.17) is 49.0 Å². The molecular formula is C22H26Cl3NO7S. The fourth-order valence-corrected chi connectivity index (χ4v) is 5.36. The number of aliphatic hydroxyl groups is 2. The van der Waals surface area contributed by atoms with Gasteiger partial charge in [-0.2, -0.15) is 0 Å². The Balaban J connectivity index is 1.63. The molecule has 188 valence electrons. The van der Waals surface area contributed by atoms with Gasteiger partial charge >= 0.3 is 0 Å². The SMILES string of the molecule is O=S(=O)(c1ccc(OC[C@H](O)CN2CCOCC2)cc1)c1cc(Cl)c(OC[C@@H](O)CCl)c(Cl)c1. The lowest BCUT2D eigenvalue weighted by Crippen LogP contribution is -2.42. The fraction of sp³-hybridized carbons (Fsp3) is 0.455. The van der Waals surface area contributed by atoms with Gasteiger partial charge in [0.2, 0.25) is 9.84 Å². The summed E-state index contributed by atoms with van der Waals surface area (Å²) in [5.74, 6) is 0.456. The number of hydrogen-bond donors (Lipinski definition) is 2. The summed E-state index contributed by atoms with van der Waals surface area (Å²) >= 11 is 17.9. The van der Waals surface area contributed by atoms with E-state index >= 15 is 0 Å². The molecule has 0 aromatic heterocycles. The molecule has 8 nitrogen and oxygen atoms in total. The van der Waals surface area contributed by atoms with Gasteiger partial charge in [-0.1, -0.05) is 23.2 Å². The molecule has 0 spiro atoms. The number of hydrogen-bond acceptors (Lipinski definition) is 8. The van der Waals surface area contributed by atoms with Crippen molar-refractivity contribution in [2.24, 2.45) is 0 Å². The minimum atomic E-state index is -3.92. The smallest absolute Gasteiger partial charge is 0.206 e. The molecule has 0 radical (unpaired) electrons. The Bertz CT molecular complexity index is 1020. The van der Waals surface area contributed by atoms with Gasteiger partial charge in [0.05, 0.1) is 38.9 Å². The Morgan fingerprint density at radius 2 is 1.53 bits per heavy atom. The van der Waals surface area contributed by atoms with Gasteiger partial charge < -0.3 is 24.4 Å². The Morgan fingerprint density at radius 1 is 0.941 bits per heavy atom. The van der Waals surface area contributed by atoms with Crippen LogP contribution in [0.4, 0.5) is 0 Å². The van der Waals surface area contributed by atoms with Gasteiger partial charge in [-0.25, -0.2) is 8.42 Å². The summed E-state index contributed by atoms with van der Waals surface area (Å²) in [6, 6.07) is 8.31. The van der Waals surface area contributed by atoms with Crippen molar-refractivity contribution in [2.75, 3.05) is 51.9 Å². The van der Waals surface area contributed by atoms with E-state index in [0.717, 1.165) is 13.1 Å². The van der Waals surface area contributed by atoms with Crippen LogP contribution in [-0.2, 0) is 14.6 Å². The summed E-state index contributed by atoms with van der Waals surface area (Å²) in [5.41, 5.74) is 0. The summed E-state index contributed by atoms with van der Waals surface area (Å²) in [5, 5.41) is 19.7. The van der Waals surface area contributed by atoms with Crippen LogP contribution in [0.3, 0.4) is 0 Å². The number of β-amino-alcohol motifs (C(OH)–C–C–N with tert-alkyl or cyclic N) is 1. The number of alkyl halides is 1. The topological polar surface area (TPSA) is 106 Å². The molecule has 2 atom stereocenters. The van der Waals surface area contributed by atoms with Gasteiger partial charge in [0.15, 0.2) is 5.75 Å². The Hall–Kier alpha value is -1.30. The average Bonchev–Trinajstić information content (AvgIpc) is 2.82. The van der Waals surface area contributed by atoms with Crippen molar-refractivity contribution in [3.63, 3.8) is 0 Å². The highest BCUT2D eigenvalue weighted by Gasteiger charge is 2.22. The standard InChI is InChI=1S/C22H26Cl3NO7S/c23-11-15(27)13-33-22-20(24)9-19(10-21(22)25)34(29,30)18-3-1-17(2-4-18)32-14-16(28)12-26-5-7-31-8-6-26/h1-4,9-10,15-16,27-28H,5-8,11-14H2/t15-,16+/m0/s1. The van der Waals surface area contributed by atoms with Crippen molar-refractivity contribution in [1.29, 1.82) is 0 Å². The van der Waals surface area contributed by atoms with Crippen molar-refractivity contribution in [3.05, 3.63) is 46.4 Å². The predicted molar refractivity (Wildman–Crippen MR) is 129 cm³/mol. The molecule has 0 saturated carbocycles. The van der Waals surface area contributed by atoms with Gasteiger partial charge in [0.1, 0.15) is 31.2 Å². The molecule has 1 aliphatic rings. The third-order valence-corrected chi connectivity index (χ3v) is 7.70. The highest BCUT2D eigenvalue weighted by Crippen LogP contribution is 2.37. The zero-order chi connectivity index (χ0) is 24.7. The van der Waals surface area contributed by atoms with E-state index in [-0.39, 0.29) is 44.7 Å². The summed E-state index contributed by atoms with van der Waals surface area (Å²) < 4.78 is 42.3. The maximum Gasteiger partial charge on any atom is 0.206 e. The van der Waals surface area contributed by atoms with Gasteiger partial charge in [-0.3, -0.25) is 4.90 Å². The molecule has 2 aromatic rings. The number of nitrogens with zero attached hydrogens (tertiary/aromatic N) is 1. The van der Waals surface area contributed by atoms with E-state index < -0.39 is 22.0 Å². The second-order valence-electron chi connectivity index (χ2n) is 7.69. The molecule has 3 rings (SSSR count). The van der Waals surface area contributed by atoms with Gasteiger partial charge in [0, 0.05) is 19.6 Å². The van der Waals surface area contributed by atoms with Crippen LogP contribution < -0.4 is 9.47 Å². The second kappa shape index (κ2) is 12.6. The van der Waals surface area contributed by atoms with Crippen LogP contribution >= 0.6 is 34.8 Å². The number of sulfone groups is 1. The van der Waals surface area contributed by atoms with Crippen molar-refractivity contribution < 1.29 is 32.8 Å². The highest BCUT2D eigenvalue weighted by molar-refractivity contribution is 7.91. The molecule has 12 heteroatoms. The van der Waals surface area contributed by atoms with Crippen LogP contribution in [0.2, 0.25) is 10.0 Å². The maximum atomic E-state index is 13.0. The second-order valence-corrected chi connectivity index (χ2v) is 10.8. The first-order valence-corrected chi connectivity index (χ1v) is 13.3. The number of ether oxygens (including phenoxy) is 3. The highest BCUT2D eigenvalue weighted by atomic mass is 35.5. The number of morpholine rings is 1. The molecule has 0 bridgehead atoms. The zero-order valence-corrected chi connectivity index (χ0v) is 21.3. The van der Waals surface area contributed by atoms with Crippen LogP contribution in [0.25, 0.3) is 0 Å². The summed E-state index contributed by atoms with van der Waals surface area (Å²) in [4.78, 5) is 2.01. The number of benzene rings is 2. The number of rotatable bonds is 11. The Labute approximate surface area is 213 Å². The Kier molecular flexibility index (Phi) is 10.1. The normalized spacial score (nSPS) is 16.7. The molecule has 1 aliphatic heterocycles. The Morgan fingerprint density at radius 3 is 2.12 bits per heavy atom. The van der Waals surface area contributed by atoms with Crippen molar-refractivity contribution in [2.45, 2.75) is 22.0 Å². The lowest BCUT2D eigenvalue weighted by Gasteiger charge is -2.28. The van der Waals surface area contributed by atoms with Gasteiger partial charge in [-0.15, -0.1) is 11.6 Å². The van der Waals surface area contributed by atoms with Crippen LogP contribution in [0, 0.1) is 0 Å². The molecule has 34 heavy (non-hydrogen) atoms. The van der Waals surface area contributed by atoms with Crippen LogP contribution in [0.15, 0.2) is 46.2 Å². The van der Waals surface area contributed by atoms with E-state index in [2.05, 4.69) is 4.90 Å². The molecule has 1 heterocycles. The molecule has 1 fully saturated rings. The third kappa shape index (κ3) is 7.35. The molecular weight excluding hydrogens is 529 g/mol. The molecule has 0 amide bonds. The van der Waals surface area contributed by atoms with Gasteiger partial charge in [-0.05, 0) is 36.4 Å². The van der Waals surface area contributed by atoms with Crippen molar-refractivity contribution in [1.82, 2.24) is 4.90 Å². The first-order valence-electron chi connectivity index (χ1n) is 10.5. The maximum absolute atomic E-state index is 13.0. The summed E-state index contributed by atoms with van der Waals surface area (Å²) in [6.07, 6.45) is -1.60. The average molecular weight is 555 g/mol. The quantitative estimate of drug-likeness (QED) is 0.409. The lowest BCUT2D eigenvalue weighted by molar-refractivity contribution is 0.00465. The third-order valence-electron chi connectivity index (χ3n) is 5.03. The van der Waals surface area contributed by atoms with E-state index in [1.807, 2.05) is 0 Å².